The Morgan fingerprint density at radius 1 is 1.11 bits per heavy atom. The van der Waals surface area contributed by atoms with E-state index in [9.17, 15) is 22.8 Å². The first kappa shape index (κ1) is 31.9. The monoisotopic (exact) mass is 653 g/mol. The fourth-order valence-electron chi connectivity index (χ4n) is 5.90. The lowest BCUT2D eigenvalue weighted by Gasteiger charge is -2.35. The molecule has 9 nitrogen and oxygen atoms in total. The first-order valence-corrected chi connectivity index (χ1v) is 14.6. The third kappa shape index (κ3) is 6.08. The average molecular weight is 654 g/mol. The molecule has 1 saturated heterocycles. The number of hydrogen-bond donors (Lipinski definition) is 1. The highest BCUT2D eigenvalue weighted by Gasteiger charge is 2.37. The number of esters is 1. The van der Waals surface area contributed by atoms with Crippen molar-refractivity contribution in [1.29, 1.82) is 0 Å². The van der Waals surface area contributed by atoms with Gasteiger partial charge in [-0.3, -0.25) is 9.78 Å². The van der Waals surface area contributed by atoms with Crippen LogP contribution in [0.25, 0.3) is 27.7 Å². The van der Waals surface area contributed by atoms with Gasteiger partial charge in [-0.1, -0.05) is 24.3 Å². The zero-order valence-corrected chi connectivity index (χ0v) is 25.1. The predicted molar refractivity (Wildman–Crippen MR) is 162 cm³/mol. The Kier molecular flexibility index (Phi) is 8.53. The summed E-state index contributed by atoms with van der Waals surface area (Å²) in [7, 11) is 1.08. The number of carbonyl (C=O) groups excluding carboxylic acids is 2. The van der Waals surface area contributed by atoms with E-state index in [2.05, 4.69) is 15.3 Å². The summed E-state index contributed by atoms with van der Waals surface area (Å²) >= 11 is 0. The van der Waals surface area contributed by atoms with Crippen molar-refractivity contribution < 1.29 is 41.0 Å². The number of methoxy groups -OCH3 is 1. The van der Waals surface area contributed by atoms with Gasteiger partial charge in [-0.25, -0.2) is 18.6 Å². The number of benzene rings is 2. The zero-order valence-electron chi connectivity index (χ0n) is 25.1. The van der Waals surface area contributed by atoms with Crippen molar-refractivity contribution >= 4 is 34.0 Å². The number of anilines is 1. The van der Waals surface area contributed by atoms with E-state index in [-0.39, 0.29) is 40.4 Å². The van der Waals surface area contributed by atoms with E-state index in [1.165, 1.54) is 53.3 Å². The predicted octanol–water partition coefficient (Wildman–Crippen LogP) is 5.59. The number of nitrogens with zero attached hydrogens (tertiary/aromatic N) is 4. The number of nitrogens with one attached hydrogen (secondary N) is 1. The molecule has 0 spiro atoms. The van der Waals surface area contributed by atoms with Crippen molar-refractivity contribution in [3.8, 4) is 11.3 Å². The lowest BCUT2D eigenvalue weighted by molar-refractivity contribution is -0.143. The first-order valence-electron chi connectivity index (χ1n) is 14.6. The van der Waals surface area contributed by atoms with Crippen LogP contribution in [0.1, 0.15) is 28.5 Å². The largest absolute Gasteiger partial charge is 0.467 e. The summed E-state index contributed by atoms with van der Waals surface area (Å²) in [5.41, 5.74) is -1.37. The summed E-state index contributed by atoms with van der Waals surface area (Å²) in [6.45, 7) is 3.00. The normalized spacial score (nSPS) is 16.0. The molecule has 0 bridgehead atoms. The van der Waals surface area contributed by atoms with E-state index in [1.807, 2.05) is 6.92 Å². The molecule has 47 heavy (non-hydrogen) atoms. The highest BCUT2D eigenvalue weighted by molar-refractivity contribution is 5.98. The van der Waals surface area contributed by atoms with E-state index in [4.69, 9.17) is 9.47 Å². The van der Waals surface area contributed by atoms with Crippen LogP contribution in [0.3, 0.4) is 0 Å². The standard InChI is InChI=1S/C33H28F5N5O4/c1-18-17-47-12-11-42(18)21-13-24(34)27(25(35)14-21)31(44)41-26(32(45)46-2)15-20-7-8-23(30-39-9-10-43(20)30)29-28(33(36,37)38)22-6-4-3-5-19(22)16-40-29/h3-10,13-14,16,18,26H,11-12,15,17H2,1-2H3,(H,41,44)/t18-,26-/m0/s1. The number of hydrogen-bond acceptors (Lipinski definition) is 7. The van der Waals surface area contributed by atoms with Gasteiger partial charge in [0.05, 0.1) is 31.6 Å². The van der Waals surface area contributed by atoms with Crippen molar-refractivity contribution in [2.45, 2.75) is 31.6 Å². The Morgan fingerprint density at radius 2 is 1.85 bits per heavy atom. The van der Waals surface area contributed by atoms with Crippen molar-refractivity contribution in [2.75, 3.05) is 31.8 Å². The van der Waals surface area contributed by atoms with Gasteiger partial charge in [0.25, 0.3) is 5.91 Å². The lowest BCUT2D eigenvalue weighted by Crippen LogP contribution is -2.44. The molecule has 6 rings (SSSR count). The number of carbonyl (C=O) groups is 2. The number of rotatable bonds is 7. The number of imidazole rings is 1. The number of alkyl halides is 3. The first-order chi connectivity index (χ1) is 22.5. The highest BCUT2D eigenvalue weighted by atomic mass is 19.4. The molecule has 1 aliphatic rings. The number of morpholine rings is 1. The lowest BCUT2D eigenvalue weighted by atomic mass is 9.99. The second kappa shape index (κ2) is 12.6. The van der Waals surface area contributed by atoms with Gasteiger partial charge in [-0.05, 0) is 36.6 Å². The van der Waals surface area contributed by atoms with Crippen molar-refractivity contribution in [2.24, 2.45) is 0 Å². The molecule has 0 saturated carbocycles. The summed E-state index contributed by atoms with van der Waals surface area (Å²) in [6, 6.07) is 9.42. The molecule has 244 valence electrons. The van der Waals surface area contributed by atoms with Gasteiger partial charge in [0, 0.05) is 59.9 Å². The quantitative estimate of drug-likeness (QED) is 0.181. The summed E-state index contributed by atoms with van der Waals surface area (Å²) in [4.78, 5) is 36.1. The molecule has 2 aromatic carbocycles. The van der Waals surface area contributed by atoms with Crippen LogP contribution in [0.5, 0.6) is 0 Å². The van der Waals surface area contributed by atoms with E-state index in [1.54, 1.807) is 11.0 Å². The van der Waals surface area contributed by atoms with Crippen molar-refractivity contribution in [1.82, 2.24) is 19.7 Å². The minimum Gasteiger partial charge on any atom is -0.467 e. The topological polar surface area (TPSA) is 98.1 Å². The summed E-state index contributed by atoms with van der Waals surface area (Å²) in [6.07, 6.45) is -0.805. The molecule has 1 N–H and O–H groups in total. The number of pyridine rings is 2. The molecule has 14 heteroatoms. The molecule has 1 amide bonds. The Labute approximate surface area is 264 Å². The van der Waals surface area contributed by atoms with E-state index < -0.39 is 46.9 Å². The van der Waals surface area contributed by atoms with Gasteiger partial charge >= 0.3 is 12.1 Å². The summed E-state index contributed by atoms with van der Waals surface area (Å²) in [5.74, 6) is -4.34. The number of aromatic nitrogens is 3. The van der Waals surface area contributed by atoms with Gasteiger partial charge in [0.15, 0.2) is 0 Å². The summed E-state index contributed by atoms with van der Waals surface area (Å²) in [5, 5.41) is 2.64. The maximum absolute atomic E-state index is 15.2. The average Bonchev–Trinajstić information content (AvgIpc) is 3.54. The SMILES string of the molecule is COC(=O)[C@H](Cc1ccc(-c2ncc3ccccc3c2C(F)(F)F)c2nccn12)NC(=O)c1c(F)cc(N2CCOC[C@@H]2C)cc1F. The van der Waals surface area contributed by atoms with E-state index >= 15 is 8.78 Å². The molecule has 0 aliphatic carbocycles. The second-order valence-electron chi connectivity index (χ2n) is 11.1. The molecule has 1 aliphatic heterocycles. The molecular formula is C33H28F5N5O4. The molecule has 2 atom stereocenters. The van der Waals surface area contributed by atoms with Crippen molar-refractivity contribution in [3.05, 3.63) is 95.6 Å². The third-order valence-corrected chi connectivity index (χ3v) is 8.13. The Hall–Kier alpha value is -5.11. The van der Waals surface area contributed by atoms with E-state index in [0.717, 1.165) is 19.2 Å². The number of fused-ring (bicyclic) bond motifs is 2. The van der Waals surface area contributed by atoms with Crippen LogP contribution in [0.4, 0.5) is 27.6 Å². The fourth-order valence-corrected chi connectivity index (χ4v) is 5.90. The van der Waals surface area contributed by atoms with E-state index in [0.29, 0.717) is 30.8 Å². The second-order valence-corrected chi connectivity index (χ2v) is 11.1. The van der Waals surface area contributed by atoms with Gasteiger partial charge in [0.1, 0.15) is 28.9 Å². The van der Waals surface area contributed by atoms with Crippen LogP contribution >= 0.6 is 0 Å². The maximum Gasteiger partial charge on any atom is 0.419 e. The number of amides is 1. The van der Waals surface area contributed by atoms with Crippen LogP contribution in [-0.4, -0.2) is 65.2 Å². The van der Waals surface area contributed by atoms with Gasteiger partial charge in [-0.15, -0.1) is 0 Å². The van der Waals surface area contributed by atoms with Gasteiger partial charge in [0.2, 0.25) is 0 Å². The van der Waals surface area contributed by atoms with Crippen LogP contribution in [0.2, 0.25) is 0 Å². The minimum absolute atomic E-state index is 0.0285. The van der Waals surface area contributed by atoms with Crippen LogP contribution in [0, 0.1) is 11.6 Å². The van der Waals surface area contributed by atoms with Gasteiger partial charge < -0.3 is 24.1 Å². The van der Waals surface area contributed by atoms with Crippen LogP contribution in [-0.2, 0) is 26.9 Å². The molecule has 0 radical (unpaired) electrons. The molecule has 1 fully saturated rings. The third-order valence-electron chi connectivity index (χ3n) is 8.13. The highest BCUT2D eigenvalue weighted by Crippen LogP contribution is 2.41. The Morgan fingerprint density at radius 3 is 2.55 bits per heavy atom. The smallest absolute Gasteiger partial charge is 0.419 e. The summed E-state index contributed by atoms with van der Waals surface area (Å²) < 4.78 is 85.3. The number of ether oxygens (including phenoxy) is 2. The van der Waals surface area contributed by atoms with Gasteiger partial charge in [-0.2, -0.15) is 13.2 Å². The maximum atomic E-state index is 15.2. The van der Waals surface area contributed by atoms with Crippen LogP contribution < -0.4 is 10.2 Å². The fraction of sp³-hybridized carbons (Fsp3) is 0.273. The molecule has 0 unspecified atom stereocenters. The number of halogens is 5. The Bertz CT molecular complexity index is 1970. The minimum atomic E-state index is -4.74. The van der Waals surface area contributed by atoms with Crippen LogP contribution in [0.15, 0.2) is 67.1 Å². The Balaban J connectivity index is 1.32. The molecule has 4 heterocycles. The molecule has 5 aromatic rings. The molecular weight excluding hydrogens is 625 g/mol. The zero-order chi connectivity index (χ0) is 33.5. The van der Waals surface area contributed by atoms with Crippen molar-refractivity contribution in [3.63, 3.8) is 0 Å². The molecule has 3 aromatic heterocycles.